The first-order valence-corrected chi connectivity index (χ1v) is 6.43. The van der Waals surface area contributed by atoms with Crippen LogP contribution in [0.5, 0.6) is 5.75 Å². The molecule has 19 heavy (non-hydrogen) atoms. The normalized spacial score (nSPS) is 22.3. The summed E-state index contributed by atoms with van der Waals surface area (Å²) in [4.78, 5) is 15.7. The van der Waals surface area contributed by atoms with E-state index >= 15 is 0 Å². The van der Waals surface area contributed by atoms with E-state index in [1.54, 1.807) is 6.20 Å². The van der Waals surface area contributed by atoms with Gasteiger partial charge in [0.2, 0.25) is 0 Å². The Hall–Kier alpha value is -1.94. The molecule has 0 aliphatic heterocycles. The molecule has 2 unspecified atom stereocenters. The van der Waals surface area contributed by atoms with Crippen molar-refractivity contribution in [2.45, 2.75) is 25.6 Å². The van der Waals surface area contributed by atoms with E-state index in [1.807, 2.05) is 37.3 Å². The molecular formula is C15H15NO3. The van der Waals surface area contributed by atoms with Crippen molar-refractivity contribution in [3.8, 4) is 5.75 Å². The first-order valence-electron chi connectivity index (χ1n) is 6.43. The number of rotatable bonds is 4. The lowest BCUT2D eigenvalue weighted by Gasteiger charge is -2.34. The largest absolute Gasteiger partial charge is 0.487 e. The van der Waals surface area contributed by atoms with Gasteiger partial charge in [0.05, 0.1) is 5.52 Å². The Labute approximate surface area is 111 Å². The number of ether oxygens (including phenoxy) is 2. The molecule has 1 saturated carbocycles. The summed E-state index contributed by atoms with van der Waals surface area (Å²) in [5.74, 6) is 0.846. The molecule has 0 bridgehead atoms. The Balaban J connectivity index is 1.76. The topological polar surface area (TPSA) is 48.4 Å². The van der Waals surface area contributed by atoms with E-state index in [0.717, 1.165) is 16.7 Å². The molecule has 2 aromatic rings. The molecule has 0 saturated heterocycles. The molecule has 98 valence electrons. The number of Topliss-reactive ketones (excluding diaryl/α,β-unsaturated/α-hetero) is 1. The zero-order valence-corrected chi connectivity index (χ0v) is 10.7. The van der Waals surface area contributed by atoms with Gasteiger partial charge in [-0.25, -0.2) is 0 Å². The number of carbonyl (C=O) groups excluding carboxylic acids is 1. The van der Waals surface area contributed by atoms with Crippen LogP contribution in [0, 0.1) is 0 Å². The van der Waals surface area contributed by atoms with E-state index in [9.17, 15) is 4.79 Å². The molecule has 0 spiro atoms. The first-order chi connectivity index (χ1) is 9.28. The van der Waals surface area contributed by atoms with Crippen LogP contribution in [0.25, 0.3) is 10.9 Å². The lowest BCUT2D eigenvalue weighted by Crippen LogP contribution is -2.52. The maximum absolute atomic E-state index is 11.4. The fourth-order valence-corrected chi connectivity index (χ4v) is 2.25. The van der Waals surface area contributed by atoms with Crippen molar-refractivity contribution in [2.75, 3.05) is 6.61 Å². The van der Waals surface area contributed by atoms with Crippen molar-refractivity contribution in [2.24, 2.45) is 0 Å². The summed E-state index contributed by atoms with van der Waals surface area (Å²) in [6.45, 7) is 2.40. The van der Waals surface area contributed by atoms with Gasteiger partial charge in [0.15, 0.2) is 11.9 Å². The first kappa shape index (κ1) is 12.1. The molecule has 1 aromatic heterocycles. The summed E-state index contributed by atoms with van der Waals surface area (Å²) >= 11 is 0. The van der Waals surface area contributed by atoms with Crippen molar-refractivity contribution in [3.05, 3.63) is 36.5 Å². The van der Waals surface area contributed by atoms with Crippen LogP contribution in [-0.4, -0.2) is 29.6 Å². The lowest BCUT2D eigenvalue weighted by molar-refractivity contribution is -0.154. The number of fused-ring (bicyclic) bond motifs is 1. The van der Waals surface area contributed by atoms with Gasteiger partial charge in [-0.1, -0.05) is 6.07 Å². The number of hydrogen-bond acceptors (Lipinski definition) is 4. The van der Waals surface area contributed by atoms with Crippen molar-refractivity contribution in [3.63, 3.8) is 0 Å². The van der Waals surface area contributed by atoms with E-state index in [0.29, 0.717) is 13.0 Å². The third-order valence-corrected chi connectivity index (χ3v) is 3.27. The quantitative estimate of drug-likeness (QED) is 0.843. The molecule has 4 nitrogen and oxygen atoms in total. The lowest BCUT2D eigenvalue weighted by atomic mass is 9.90. The predicted molar refractivity (Wildman–Crippen MR) is 71.2 cm³/mol. The summed E-state index contributed by atoms with van der Waals surface area (Å²) in [5, 5.41) is 1.07. The minimum Gasteiger partial charge on any atom is -0.487 e. The molecule has 1 aliphatic rings. The van der Waals surface area contributed by atoms with Crippen molar-refractivity contribution in [1.82, 2.24) is 4.98 Å². The highest BCUT2D eigenvalue weighted by atomic mass is 16.5. The molecule has 0 radical (unpaired) electrons. The molecule has 4 heteroatoms. The minimum atomic E-state index is -0.413. The molecule has 1 fully saturated rings. The number of aromatic nitrogens is 1. The molecule has 1 aliphatic carbocycles. The summed E-state index contributed by atoms with van der Waals surface area (Å²) < 4.78 is 11.2. The van der Waals surface area contributed by atoms with Crippen LogP contribution in [0.3, 0.4) is 0 Å². The van der Waals surface area contributed by atoms with Gasteiger partial charge >= 0.3 is 0 Å². The number of carbonyl (C=O) groups is 1. The maximum atomic E-state index is 11.4. The summed E-state index contributed by atoms with van der Waals surface area (Å²) in [7, 11) is 0. The third-order valence-electron chi connectivity index (χ3n) is 3.27. The third kappa shape index (κ3) is 2.31. The van der Waals surface area contributed by atoms with E-state index in [-0.39, 0.29) is 11.9 Å². The maximum Gasteiger partial charge on any atom is 0.169 e. The van der Waals surface area contributed by atoms with Gasteiger partial charge in [-0.15, -0.1) is 0 Å². The Morgan fingerprint density at radius 2 is 2.26 bits per heavy atom. The van der Waals surface area contributed by atoms with Crippen LogP contribution in [0.15, 0.2) is 36.5 Å². The van der Waals surface area contributed by atoms with Crippen LogP contribution in [0.2, 0.25) is 0 Å². The number of benzene rings is 1. The van der Waals surface area contributed by atoms with Gasteiger partial charge in [0.1, 0.15) is 11.9 Å². The van der Waals surface area contributed by atoms with E-state index in [1.165, 1.54) is 0 Å². The molecule has 2 atom stereocenters. The highest BCUT2D eigenvalue weighted by Crippen LogP contribution is 2.27. The van der Waals surface area contributed by atoms with Crippen LogP contribution >= 0.6 is 0 Å². The number of nitrogens with zero attached hydrogens (tertiary/aromatic N) is 1. The molecule has 1 heterocycles. The molecule has 0 N–H and O–H groups in total. The predicted octanol–water partition coefficient (Wildman–Crippen LogP) is 2.36. The summed E-state index contributed by atoms with van der Waals surface area (Å²) in [6, 6.07) is 9.66. The SMILES string of the molecule is CCOC1C(=O)CC1Oc1ccc2cccnc2c1. The van der Waals surface area contributed by atoms with E-state index in [2.05, 4.69) is 4.98 Å². The summed E-state index contributed by atoms with van der Waals surface area (Å²) in [6.07, 6.45) is 1.59. The average molecular weight is 257 g/mol. The highest BCUT2D eigenvalue weighted by molar-refractivity contribution is 5.90. The van der Waals surface area contributed by atoms with Gasteiger partial charge in [0.25, 0.3) is 0 Å². The smallest absolute Gasteiger partial charge is 0.169 e. The van der Waals surface area contributed by atoms with Crippen LogP contribution < -0.4 is 4.74 Å². The fraction of sp³-hybridized carbons (Fsp3) is 0.333. The van der Waals surface area contributed by atoms with E-state index < -0.39 is 6.10 Å². The second-order valence-corrected chi connectivity index (χ2v) is 4.56. The number of pyridine rings is 1. The highest BCUT2D eigenvalue weighted by Gasteiger charge is 2.42. The second-order valence-electron chi connectivity index (χ2n) is 4.56. The van der Waals surface area contributed by atoms with Gasteiger partial charge in [-0.3, -0.25) is 9.78 Å². The van der Waals surface area contributed by atoms with Gasteiger partial charge in [0, 0.05) is 30.7 Å². The monoisotopic (exact) mass is 257 g/mol. The second kappa shape index (κ2) is 4.97. The van der Waals surface area contributed by atoms with Crippen LogP contribution in [0.4, 0.5) is 0 Å². The van der Waals surface area contributed by atoms with Gasteiger partial charge in [-0.05, 0) is 25.1 Å². The molecule has 3 rings (SSSR count). The Bertz CT molecular complexity index is 611. The minimum absolute atomic E-state index is 0.116. The van der Waals surface area contributed by atoms with Gasteiger partial charge in [-0.2, -0.15) is 0 Å². The Morgan fingerprint density at radius 3 is 3.05 bits per heavy atom. The van der Waals surface area contributed by atoms with Crippen LogP contribution in [-0.2, 0) is 9.53 Å². The zero-order valence-electron chi connectivity index (χ0n) is 10.7. The van der Waals surface area contributed by atoms with Crippen LogP contribution in [0.1, 0.15) is 13.3 Å². The van der Waals surface area contributed by atoms with Crippen molar-refractivity contribution in [1.29, 1.82) is 0 Å². The number of hydrogen-bond donors (Lipinski definition) is 0. The Kier molecular flexibility index (Phi) is 3.17. The number of ketones is 1. The van der Waals surface area contributed by atoms with Crippen molar-refractivity contribution >= 4 is 16.7 Å². The van der Waals surface area contributed by atoms with Crippen molar-refractivity contribution < 1.29 is 14.3 Å². The molecule has 1 aromatic carbocycles. The Morgan fingerprint density at radius 1 is 1.37 bits per heavy atom. The fourth-order valence-electron chi connectivity index (χ4n) is 2.25. The molecular weight excluding hydrogens is 242 g/mol. The van der Waals surface area contributed by atoms with E-state index in [4.69, 9.17) is 9.47 Å². The zero-order chi connectivity index (χ0) is 13.2. The van der Waals surface area contributed by atoms with Gasteiger partial charge < -0.3 is 9.47 Å². The average Bonchev–Trinajstić information content (AvgIpc) is 2.44. The standard InChI is InChI=1S/C15H15NO3/c1-2-18-15-13(17)9-14(15)19-11-6-5-10-4-3-7-16-12(10)8-11/h3-8,14-15H,2,9H2,1H3. The molecule has 0 amide bonds. The summed E-state index contributed by atoms with van der Waals surface area (Å²) in [5.41, 5.74) is 0.888.